The molecule has 66 valence electrons. The van der Waals surface area contributed by atoms with Crippen LogP contribution in [0.4, 0.5) is 0 Å². The van der Waals surface area contributed by atoms with Crippen LogP contribution in [0.25, 0.3) is 0 Å². The van der Waals surface area contributed by atoms with Crippen LogP contribution in [0.5, 0.6) is 0 Å². The van der Waals surface area contributed by atoms with Crippen molar-refractivity contribution in [2.75, 3.05) is 0 Å². The van der Waals surface area contributed by atoms with E-state index in [9.17, 15) is 0 Å². The normalized spacial score (nSPS) is 35.7. The van der Waals surface area contributed by atoms with E-state index in [2.05, 4.69) is 20.8 Å². The molecule has 0 aliphatic carbocycles. The molecule has 0 bridgehead atoms. The molecule has 11 heavy (non-hydrogen) atoms. The lowest BCUT2D eigenvalue weighted by molar-refractivity contribution is 0.289. The summed E-state index contributed by atoms with van der Waals surface area (Å²) in [5.74, 6) is 0. The van der Waals surface area contributed by atoms with Gasteiger partial charge in [-0.05, 0) is 19.8 Å². The molecule has 0 radical (unpaired) electrons. The maximum Gasteiger partial charge on any atom is 0.0920 e. The van der Waals surface area contributed by atoms with Crippen LogP contribution in [-0.4, -0.2) is 11.7 Å². The topological polar surface area (TPSA) is 12.5 Å². The molecule has 0 spiro atoms. The van der Waals surface area contributed by atoms with E-state index in [4.69, 9.17) is 4.74 Å². The van der Waals surface area contributed by atoms with Crippen molar-refractivity contribution in [3.8, 4) is 0 Å². The number of hydrogen-bond acceptors (Lipinski definition) is 1. The molecule has 0 amide bonds. The molecule has 1 saturated heterocycles. The van der Waals surface area contributed by atoms with Gasteiger partial charge in [0.1, 0.15) is 0 Å². The highest BCUT2D eigenvalue weighted by Gasteiger charge is 2.50. The van der Waals surface area contributed by atoms with Crippen molar-refractivity contribution in [1.29, 1.82) is 0 Å². The zero-order valence-corrected chi connectivity index (χ0v) is 8.02. The molecule has 1 aliphatic heterocycles. The van der Waals surface area contributed by atoms with Gasteiger partial charge in [0.15, 0.2) is 0 Å². The minimum atomic E-state index is 0.270. The van der Waals surface area contributed by atoms with Gasteiger partial charge in [-0.3, -0.25) is 0 Å². The van der Waals surface area contributed by atoms with Crippen LogP contribution in [0.3, 0.4) is 0 Å². The summed E-state index contributed by atoms with van der Waals surface area (Å²) >= 11 is 0. The Hall–Kier alpha value is -0.0400. The molecule has 2 atom stereocenters. The third kappa shape index (κ3) is 2.19. The Labute approximate surface area is 70.1 Å². The first-order valence-electron chi connectivity index (χ1n) is 4.90. The standard InChI is InChI=1S/C10H20O/c1-4-6-8-10(3)9(11-10)7-5-2/h9H,4-8H2,1-3H3. The fourth-order valence-corrected chi connectivity index (χ4v) is 1.67. The van der Waals surface area contributed by atoms with E-state index in [0.29, 0.717) is 6.10 Å². The predicted octanol–water partition coefficient (Wildman–Crippen LogP) is 3.13. The van der Waals surface area contributed by atoms with Gasteiger partial charge in [0.25, 0.3) is 0 Å². The Bertz CT molecular complexity index is 122. The monoisotopic (exact) mass is 156 g/mol. The van der Waals surface area contributed by atoms with Crippen molar-refractivity contribution in [2.24, 2.45) is 0 Å². The zero-order valence-electron chi connectivity index (χ0n) is 8.02. The van der Waals surface area contributed by atoms with Crippen molar-refractivity contribution in [3.05, 3.63) is 0 Å². The predicted molar refractivity (Wildman–Crippen MR) is 47.7 cm³/mol. The van der Waals surface area contributed by atoms with E-state index in [1.807, 2.05) is 0 Å². The summed E-state index contributed by atoms with van der Waals surface area (Å²) in [5.41, 5.74) is 0.270. The van der Waals surface area contributed by atoms with E-state index >= 15 is 0 Å². The number of ether oxygens (including phenoxy) is 1. The number of unbranched alkanes of at least 4 members (excludes halogenated alkanes) is 1. The lowest BCUT2D eigenvalue weighted by Crippen LogP contribution is -2.08. The molecule has 1 fully saturated rings. The van der Waals surface area contributed by atoms with Gasteiger partial charge in [0.05, 0.1) is 11.7 Å². The molecule has 0 saturated carbocycles. The van der Waals surface area contributed by atoms with Crippen LogP contribution >= 0.6 is 0 Å². The fraction of sp³-hybridized carbons (Fsp3) is 1.00. The average molecular weight is 156 g/mol. The van der Waals surface area contributed by atoms with Gasteiger partial charge in [-0.15, -0.1) is 0 Å². The zero-order chi connectivity index (χ0) is 8.32. The quantitative estimate of drug-likeness (QED) is 0.557. The Morgan fingerprint density at radius 2 is 2.00 bits per heavy atom. The largest absolute Gasteiger partial charge is 0.366 e. The van der Waals surface area contributed by atoms with Crippen LogP contribution in [0.15, 0.2) is 0 Å². The summed E-state index contributed by atoms with van der Waals surface area (Å²) in [5, 5.41) is 0. The summed E-state index contributed by atoms with van der Waals surface area (Å²) in [6.07, 6.45) is 6.95. The second-order valence-electron chi connectivity index (χ2n) is 3.81. The third-order valence-electron chi connectivity index (χ3n) is 2.61. The molecular weight excluding hydrogens is 136 g/mol. The average Bonchev–Trinajstić information content (AvgIpc) is 2.60. The second kappa shape index (κ2) is 3.57. The van der Waals surface area contributed by atoms with E-state index in [1.165, 1.54) is 32.1 Å². The molecule has 0 aromatic heterocycles. The van der Waals surface area contributed by atoms with E-state index in [-0.39, 0.29) is 5.60 Å². The summed E-state index contributed by atoms with van der Waals surface area (Å²) in [6, 6.07) is 0. The van der Waals surface area contributed by atoms with Crippen molar-refractivity contribution >= 4 is 0 Å². The van der Waals surface area contributed by atoms with E-state index in [1.54, 1.807) is 0 Å². The lowest BCUT2D eigenvalue weighted by atomic mass is 9.98. The van der Waals surface area contributed by atoms with Crippen molar-refractivity contribution in [2.45, 2.75) is 64.6 Å². The highest BCUT2D eigenvalue weighted by atomic mass is 16.6. The smallest absolute Gasteiger partial charge is 0.0920 e. The number of epoxide rings is 1. The Kier molecular flexibility index (Phi) is 2.94. The minimum Gasteiger partial charge on any atom is -0.366 e. The number of rotatable bonds is 5. The molecule has 1 aliphatic rings. The molecular formula is C10H20O. The van der Waals surface area contributed by atoms with Crippen molar-refractivity contribution in [1.82, 2.24) is 0 Å². The van der Waals surface area contributed by atoms with Gasteiger partial charge in [-0.25, -0.2) is 0 Å². The summed E-state index contributed by atoms with van der Waals surface area (Å²) in [4.78, 5) is 0. The van der Waals surface area contributed by atoms with Crippen LogP contribution in [-0.2, 0) is 4.74 Å². The first-order valence-corrected chi connectivity index (χ1v) is 4.90. The van der Waals surface area contributed by atoms with E-state index < -0.39 is 0 Å². The first kappa shape index (κ1) is 9.05. The second-order valence-corrected chi connectivity index (χ2v) is 3.81. The van der Waals surface area contributed by atoms with Gasteiger partial charge in [-0.1, -0.05) is 33.1 Å². The van der Waals surface area contributed by atoms with Crippen LogP contribution in [0.2, 0.25) is 0 Å². The fourth-order valence-electron chi connectivity index (χ4n) is 1.67. The van der Waals surface area contributed by atoms with Crippen LogP contribution in [0.1, 0.15) is 52.9 Å². The summed E-state index contributed by atoms with van der Waals surface area (Å²) in [6.45, 7) is 6.71. The SMILES string of the molecule is CCCCC1(C)OC1CCC. The summed E-state index contributed by atoms with van der Waals surface area (Å²) in [7, 11) is 0. The Morgan fingerprint density at radius 3 is 2.55 bits per heavy atom. The maximum absolute atomic E-state index is 5.65. The van der Waals surface area contributed by atoms with Crippen molar-refractivity contribution < 1.29 is 4.74 Å². The molecule has 1 heterocycles. The van der Waals surface area contributed by atoms with Crippen LogP contribution < -0.4 is 0 Å². The molecule has 0 aromatic carbocycles. The van der Waals surface area contributed by atoms with Crippen LogP contribution in [0, 0.1) is 0 Å². The minimum absolute atomic E-state index is 0.270. The highest BCUT2D eigenvalue weighted by molar-refractivity contribution is 4.98. The Morgan fingerprint density at radius 1 is 1.27 bits per heavy atom. The van der Waals surface area contributed by atoms with Gasteiger partial charge >= 0.3 is 0 Å². The summed E-state index contributed by atoms with van der Waals surface area (Å²) < 4.78 is 5.65. The Balaban J connectivity index is 2.14. The molecule has 2 unspecified atom stereocenters. The molecule has 1 nitrogen and oxygen atoms in total. The molecule has 0 aromatic rings. The third-order valence-corrected chi connectivity index (χ3v) is 2.61. The maximum atomic E-state index is 5.65. The molecule has 1 rings (SSSR count). The molecule has 0 N–H and O–H groups in total. The highest BCUT2D eigenvalue weighted by Crippen LogP contribution is 2.42. The van der Waals surface area contributed by atoms with Gasteiger partial charge in [-0.2, -0.15) is 0 Å². The van der Waals surface area contributed by atoms with E-state index in [0.717, 1.165) is 0 Å². The van der Waals surface area contributed by atoms with Crippen molar-refractivity contribution in [3.63, 3.8) is 0 Å². The molecule has 1 heteroatoms. The van der Waals surface area contributed by atoms with Gasteiger partial charge in [0.2, 0.25) is 0 Å². The lowest BCUT2D eigenvalue weighted by Gasteiger charge is -2.03. The number of hydrogen-bond donors (Lipinski definition) is 0. The van der Waals surface area contributed by atoms with Gasteiger partial charge in [0, 0.05) is 0 Å². The first-order chi connectivity index (χ1) is 5.23. The van der Waals surface area contributed by atoms with Gasteiger partial charge < -0.3 is 4.74 Å².